The van der Waals surface area contributed by atoms with Crippen molar-refractivity contribution >= 4 is 17.6 Å². The molecule has 0 aromatic heterocycles. The topological polar surface area (TPSA) is 47.9 Å². The number of carbonyl (C=O) groups excluding carboxylic acids is 1. The van der Waals surface area contributed by atoms with E-state index in [1.807, 2.05) is 12.1 Å². The molecule has 0 radical (unpaired) electrons. The van der Waals surface area contributed by atoms with Gasteiger partial charge in [-0.15, -0.1) is 0 Å². The summed E-state index contributed by atoms with van der Waals surface area (Å²) in [6.45, 7) is 1.16. The molecule has 1 heterocycles. The van der Waals surface area contributed by atoms with Gasteiger partial charge in [0.1, 0.15) is 0 Å². The number of rotatable bonds is 2. The zero-order valence-corrected chi connectivity index (χ0v) is 11.7. The molecule has 0 saturated heterocycles. The molecule has 0 saturated carbocycles. The summed E-state index contributed by atoms with van der Waals surface area (Å²) in [6, 6.07) is 8.29. The average molecular weight is 260 g/mol. The van der Waals surface area contributed by atoms with Gasteiger partial charge in [0.25, 0.3) is 0 Å². The first kappa shape index (κ1) is 13.4. The molecule has 1 aromatic rings. The SMILES string of the molecule is CN=C(NCC(=O)N(C)C)N1CCc2ccccc21. The molecule has 1 amide bonds. The predicted molar refractivity (Wildman–Crippen MR) is 77.5 cm³/mol. The first-order valence-electron chi connectivity index (χ1n) is 6.39. The van der Waals surface area contributed by atoms with Crippen LogP contribution in [0.1, 0.15) is 5.56 Å². The minimum Gasteiger partial charge on any atom is -0.347 e. The van der Waals surface area contributed by atoms with Crippen molar-refractivity contribution in [3.63, 3.8) is 0 Å². The summed E-state index contributed by atoms with van der Waals surface area (Å²) < 4.78 is 0. The van der Waals surface area contributed by atoms with Crippen LogP contribution in [-0.4, -0.2) is 51.0 Å². The number of carbonyl (C=O) groups is 1. The molecule has 5 nitrogen and oxygen atoms in total. The predicted octanol–water partition coefficient (Wildman–Crippen LogP) is 0.713. The number of amides is 1. The normalized spacial score (nSPS) is 14.3. The number of likely N-dealkylation sites (N-methyl/N-ethyl adjacent to an activating group) is 1. The average Bonchev–Trinajstić information content (AvgIpc) is 2.83. The van der Waals surface area contributed by atoms with E-state index in [1.165, 1.54) is 11.3 Å². The maximum Gasteiger partial charge on any atom is 0.241 e. The van der Waals surface area contributed by atoms with E-state index in [0.717, 1.165) is 18.9 Å². The first-order valence-corrected chi connectivity index (χ1v) is 6.39. The van der Waals surface area contributed by atoms with Gasteiger partial charge in [-0.25, -0.2) is 0 Å². The maximum absolute atomic E-state index is 11.6. The highest BCUT2D eigenvalue weighted by molar-refractivity contribution is 5.99. The third kappa shape index (κ3) is 2.86. The number of fused-ring (bicyclic) bond motifs is 1. The Labute approximate surface area is 113 Å². The molecule has 1 aliphatic rings. The van der Waals surface area contributed by atoms with Gasteiger partial charge < -0.3 is 15.1 Å². The fourth-order valence-corrected chi connectivity index (χ4v) is 2.17. The first-order chi connectivity index (χ1) is 9.13. The van der Waals surface area contributed by atoms with E-state index in [0.29, 0.717) is 0 Å². The van der Waals surface area contributed by atoms with Crippen molar-refractivity contribution in [2.45, 2.75) is 6.42 Å². The van der Waals surface area contributed by atoms with Crippen molar-refractivity contribution in [1.82, 2.24) is 10.2 Å². The van der Waals surface area contributed by atoms with E-state index in [1.54, 1.807) is 26.0 Å². The number of hydrogen-bond donors (Lipinski definition) is 1. The standard InChI is InChI=1S/C14H20N4O/c1-15-14(16-10-13(19)17(2)3)18-9-8-11-6-4-5-7-12(11)18/h4-7H,8-10H2,1-3H3,(H,15,16). The maximum atomic E-state index is 11.6. The summed E-state index contributed by atoms with van der Waals surface area (Å²) in [5.74, 6) is 0.786. The molecule has 2 rings (SSSR count). The number of nitrogens with zero attached hydrogens (tertiary/aromatic N) is 3. The van der Waals surface area contributed by atoms with Gasteiger partial charge >= 0.3 is 0 Å². The molecule has 5 heteroatoms. The van der Waals surface area contributed by atoms with Crippen molar-refractivity contribution in [2.24, 2.45) is 4.99 Å². The second-order valence-corrected chi connectivity index (χ2v) is 4.72. The summed E-state index contributed by atoms with van der Waals surface area (Å²) in [7, 11) is 5.24. The lowest BCUT2D eigenvalue weighted by Crippen LogP contribution is -2.44. The van der Waals surface area contributed by atoms with Gasteiger partial charge in [-0.3, -0.25) is 9.79 Å². The van der Waals surface area contributed by atoms with E-state index in [4.69, 9.17) is 0 Å². The Morgan fingerprint density at radius 1 is 1.42 bits per heavy atom. The Hall–Kier alpha value is -2.04. The Balaban J connectivity index is 2.06. The van der Waals surface area contributed by atoms with Crippen LogP contribution in [0, 0.1) is 0 Å². The second kappa shape index (κ2) is 5.73. The summed E-state index contributed by atoms with van der Waals surface area (Å²) in [5.41, 5.74) is 2.50. The number of para-hydroxylation sites is 1. The highest BCUT2D eigenvalue weighted by atomic mass is 16.2. The molecule has 1 aromatic carbocycles. The van der Waals surface area contributed by atoms with Crippen molar-refractivity contribution in [3.8, 4) is 0 Å². The Kier molecular flexibility index (Phi) is 4.04. The molecule has 0 atom stereocenters. The number of hydrogen-bond acceptors (Lipinski definition) is 2. The van der Waals surface area contributed by atoms with Gasteiger partial charge in [0, 0.05) is 33.4 Å². The van der Waals surface area contributed by atoms with E-state index in [9.17, 15) is 4.79 Å². The summed E-state index contributed by atoms with van der Waals surface area (Å²) in [4.78, 5) is 19.6. The molecule has 0 fully saturated rings. The summed E-state index contributed by atoms with van der Waals surface area (Å²) in [5, 5.41) is 3.12. The highest BCUT2D eigenvalue weighted by Crippen LogP contribution is 2.27. The smallest absolute Gasteiger partial charge is 0.241 e. The number of aliphatic imine (C=N–C) groups is 1. The highest BCUT2D eigenvalue weighted by Gasteiger charge is 2.22. The Bertz CT molecular complexity index is 496. The molecule has 102 valence electrons. The van der Waals surface area contributed by atoms with Crippen molar-refractivity contribution in [2.75, 3.05) is 39.1 Å². The van der Waals surface area contributed by atoms with Gasteiger partial charge in [0.2, 0.25) is 5.91 Å². The fourth-order valence-electron chi connectivity index (χ4n) is 2.17. The van der Waals surface area contributed by atoms with Gasteiger partial charge in [0.15, 0.2) is 5.96 Å². The van der Waals surface area contributed by atoms with Crippen LogP contribution in [0.2, 0.25) is 0 Å². The third-order valence-electron chi connectivity index (χ3n) is 3.25. The molecule has 0 bridgehead atoms. The zero-order valence-electron chi connectivity index (χ0n) is 11.7. The van der Waals surface area contributed by atoms with Crippen LogP contribution < -0.4 is 10.2 Å². The van der Waals surface area contributed by atoms with Gasteiger partial charge in [-0.2, -0.15) is 0 Å². The number of guanidine groups is 1. The van der Waals surface area contributed by atoms with Crippen molar-refractivity contribution in [3.05, 3.63) is 29.8 Å². The summed E-state index contributed by atoms with van der Waals surface area (Å²) in [6.07, 6.45) is 1.01. The molecular weight excluding hydrogens is 240 g/mol. The van der Waals surface area contributed by atoms with Crippen LogP contribution in [0.25, 0.3) is 0 Å². The van der Waals surface area contributed by atoms with E-state index >= 15 is 0 Å². The van der Waals surface area contributed by atoms with E-state index in [-0.39, 0.29) is 12.5 Å². The zero-order chi connectivity index (χ0) is 13.8. The Morgan fingerprint density at radius 3 is 2.84 bits per heavy atom. The van der Waals surface area contributed by atoms with Gasteiger partial charge in [0.05, 0.1) is 6.54 Å². The quantitative estimate of drug-likeness (QED) is 0.629. The fraction of sp³-hybridized carbons (Fsp3) is 0.429. The van der Waals surface area contributed by atoms with E-state index in [2.05, 4.69) is 27.3 Å². The van der Waals surface area contributed by atoms with Gasteiger partial charge in [-0.05, 0) is 18.1 Å². The van der Waals surface area contributed by atoms with Crippen LogP contribution in [0.4, 0.5) is 5.69 Å². The lowest BCUT2D eigenvalue weighted by Gasteiger charge is -2.22. The Morgan fingerprint density at radius 2 is 2.16 bits per heavy atom. The minimum absolute atomic E-state index is 0.0358. The second-order valence-electron chi connectivity index (χ2n) is 4.72. The molecule has 19 heavy (non-hydrogen) atoms. The van der Waals surface area contributed by atoms with Crippen LogP contribution in [0.3, 0.4) is 0 Å². The van der Waals surface area contributed by atoms with Crippen LogP contribution in [-0.2, 0) is 11.2 Å². The minimum atomic E-state index is 0.0358. The molecule has 0 unspecified atom stereocenters. The number of anilines is 1. The van der Waals surface area contributed by atoms with Gasteiger partial charge in [-0.1, -0.05) is 18.2 Å². The molecule has 0 spiro atoms. The third-order valence-corrected chi connectivity index (χ3v) is 3.25. The largest absolute Gasteiger partial charge is 0.347 e. The van der Waals surface area contributed by atoms with E-state index < -0.39 is 0 Å². The number of nitrogens with one attached hydrogen (secondary N) is 1. The molecule has 0 aliphatic carbocycles. The molecular formula is C14H20N4O. The van der Waals surface area contributed by atoms with Crippen LogP contribution in [0.15, 0.2) is 29.3 Å². The lowest BCUT2D eigenvalue weighted by atomic mass is 10.2. The molecule has 1 N–H and O–H groups in total. The summed E-state index contributed by atoms with van der Waals surface area (Å²) >= 11 is 0. The monoisotopic (exact) mass is 260 g/mol. The number of benzene rings is 1. The van der Waals surface area contributed by atoms with Crippen molar-refractivity contribution < 1.29 is 4.79 Å². The van der Waals surface area contributed by atoms with Crippen LogP contribution >= 0.6 is 0 Å². The van der Waals surface area contributed by atoms with Crippen molar-refractivity contribution in [1.29, 1.82) is 0 Å². The lowest BCUT2D eigenvalue weighted by molar-refractivity contribution is -0.127. The molecule has 1 aliphatic heterocycles. The van der Waals surface area contributed by atoms with Crippen LogP contribution in [0.5, 0.6) is 0 Å².